The monoisotopic (exact) mass is 162 g/mol. The summed E-state index contributed by atoms with van der Waals surface area (Å²) in [6, 6.07) is 0. The molecule has 1 nitrogen and oxygen atoms in total. The van der Waals surface area contributed by atoms with Gasteiger partial charge in [-0.1, -0.05) is 34.8 Å². The SMILES string of the molecule is CCOC(Cl)(Cl)Cl. The van der Waals surface area contributed by atoms with E-state index in [4.69, 9.17) is 34.8 Å². The van der Waals surface area contributed by atoms with Crippen molar-refractivity contribution >= 4 is 34.8 Å². The van der Waals surface area contributed by atoms with E-state index < -0.39 is 3.98 Å². The lowest BCUT2D eigenvalue weighted by Crippen LogP contribution is -2.07. The molecule has 0 saturated heterocycles. The van der Waals surface area contributed by atoms with Gasteiger partial charge in [0.25, 0.3) is 3.98 Å². The van der Waals surface area contributed by atoms with E-state index in [9.17, 15) is 0 Å². The van der Waals surface area contributed by atoms with E-state index in [1.165, 1.54) is 0 Å². The van der Waals surface area contributed by atoms with Crippen LogP contribution >= 0.6 is 34.8 Å². The van der Waals surface area contributed by atoms with Crippen molar-refractivity contribution < 1.29 is 4.74 Å². The first-order valence-corrected chi connectivity index (χ1v) is 2.90. The molecule has 4 heteroatoms. The smallest absolute Gasteiger partial charge is 0.297 e. The lowest BCUT2D eigenvalue weighted by atomic mass is 10.9. The van der Waals surface area contributed by atoms with Crippen molar-refractivity contribution in [2.24, 2.45) is 0 Å². The first-order valence-electron chi connectivity index (χ1n) is 1.77. The zero-order valence-corrected chi connectivity index (χ0v) is 6.02. The highest BCUT2D eigenvalue weighted by Gasteiger charge is 2.17. The molecule has 0 unspecified atom stereocenters. The minimum absolute atomic E-state index is 0.413. The molecule has 0 saturated carbocycles. The molecular weight excluding hydrogens is 158 g/mol. The Hall–Kier alpha value is 0.830. The van der Waals surface area contributed by atoms with Gasteiger partial charge in [-0.2, -0.15) is 0 Å². The first-order chi connectivity index (χ1) is 3.06. The van der Waals surface area contributed by atoms with Gasteiger partial charge in [-0.05, 0) is 6.92 Å². The maximum atomic E-state index is 5.14. The molecule has 0 bridgehead atoms. The predicted octanol–water partition coefficient (Wildman–Crippen LogP) is 2.35. The molecule has 0 fully saturated rings. The minimum Gasteiger partial charge on any atom is -0.335 e. The van der Waals surface area contributed by atoms with E-state index in [2.05, 4.69) is 4.74 Å². The molecule has 0 aromatic heterocycles. The normalized spacial score (nSPS) is 12.0. The topological polar surface area (TPSA) is 9.23 Å². The second-order valence-corrected chi connectivity index (χ2v) is 3.06. The van der Waals surface area contributed by atoms with Crippen LogP contribution in [0.3, 0.4) is 0 Å². The summed E-state index contributed by atoms with van der Waals surface area (Å²) in [7, 11) is 0. The van der Waals surface area contributed by atoms with Crippen molar-refractivity contribution in [3.05, 3.63) is 0 Å². The maximum Gasteiger partial charge on any atom is 0.297 e. The van der Waals surface area contributed by atoms with Gasteiger partial charge < -0.3 is 4.74 Å². The zero-order valence-electron chi connectivity index (χ0n) is 3.75. The summed E-state index contributed by atoms with van der Waals surface area (Å²) < 4.78 is 2.99. The van der Waals surface area contributed by atoms with Crippen molar-refractivity contribution in [3.8, 4) is 0 Å². The third-order valence-electron chi connectivity index (χ3n) is 0.308. The summed E-state index contributed by atoms with van der Waals surface area (Å²) in [4.78, 5) is 0. The molecule has 0 rings (SSSR count). The molecular formula is C3H5Cl3O. The van der Waals surface area contributed by atoms with Gasteiger partial charge in [0.05, 0.1) is 0 Å². The number of rotatable bonds is 1. The Morgan fingerprint density at radius 3 is 1.86 bits per heavy atom. The van der Waals surface area contributed by atoms with Gasteiger partial charge in [-0.25, -0.2) is 0 Å². The van der Waals surface area contributed by atoms with Crippen LogP contribution in [0.2, 0.25) is 0 Å². The highest BCUT2D eigenvalue weighted by Crippen LogP contribution is 2.26. The van der Waals surface area contributed by atoms with Gasteiger partial charge in [-0.15, -0.1) is 0 Å². The molecule has 0 aliphatic carbocycles. The number of halogens is 3. The van der Waals surface area contributed by atoms with Crippen LogP contribution in [-0.2, 0) is 4.74 Å². The maximum absolute atomic E-state index is 5.14. The summed E-state index contributed by atoms with van der Waals surface area (Å²) in [5.41, 5.74) is 0. The van der Waals surface area contributed by atoms with Crippen molar-refractivity contribution in [3.63, 3.8) is 0 Å². The van der Waals surface area contributed by atoms with Crippen LogP contribution in [0.5, 0.6) is 0 Å². The Bertz CT molecular complexity index is 48.6. The van der Waals surface area contributed by atoms with Crippen LogP contribution in [0.25, 0.3) is 0 Å². The molecule has 0 aromatic carbocycles. The summed E-state index contributed by atoms with van der Waals surface area (Å²) >= 11 is 15.4. The summed E-state index contributed by atoms with van der Waals surface area (Å²) in [5, 5.41) is 0. The fourth-order valence-corrected chi connectivity index (χ4v) is 0.491. The third-order valence-corrected chi connectivity index (χ3v) is 0.635. The lowest BCUT2D eigenvalue weighted by molar-refractivity contribution is 0.144. The van der Waals surface area contributed by atoms with Crippen LogP contribution < -0.4 is 0 Å². The predicted molar refractivity (Wildman–Crippen MR) is 31.9 cm³/mol. The van der Waals surface area contributed by atoms with Gasteiger partial charge in [0.2, 0.25) is 0 Å². The molecule has 0 N–H and O–H groups in total. The molecule has 0 radical (unpaired) electrons. The van der Waals surface area contributed by atoms with E-state index in [1.807, 2.05) is 0 Å². The standard InChI is InChI=1S/C3H5Cl3O/c1-2-7-3(4,5)6/h2H2,1H3. The molecule has 0 atom stereocenters. The Morgan fingerprint density at radius 1 is 1.43 bits per heavy atom. The van der Waals surface area contributed by atoms with Gasteiger partial charge in [0.1, 0.15) is 0 Å². The zero-order chi connectivity index (χ0) is 5.91. The van der Waals surface area contributed by atoms with Crippen LogP contribution in [-0.4, -0.2) is 10.6 Å². The highest BCUT2D eigenvalue weighted by molar-refractivity contribution is 6.66. The van der Waals surface area contributed by atoms with Crippen LogP contribution in [0.1, 0.15) is 6.92 Å². The van der Waals surface area contributed by atoms with E-state index in [0.717, 1.165) is 0 Å². The molecule has 0 aliphatic heterocycles. The molecule has 0 aromatic rings. The highest BCUT2D eigenvalue weighted by atomic mass is 35.6. The number of alkyl halides is 3. The van der Waals surface area contributed by atoms with Gasteiger partial charge >= 0.3 is 0 Å². The average Bonchev–Trinajstić information content (AvgIpc) is 1.30. The first kappa shape index (κ1) is 7.83. The number of hydrogen-bond donors (Lipinski definition) is 0. The number of hydrogen-bond acceptors (Lipinski definition) is 1. The molecule has 0 heterocycles. The summed E-state index contributed by atoms with van der Waals surface area (Å²) in [6.45, 7) is 2.17. The van der Waals surface area contributed by atoms with Crippen LogP contribution in [0.15, 0.2) is 0 Å². The largest absolute Gasteiger partial charge is 0.335 e. The van der Waals surface area contributed by atoms with Crippen molar-refractivity contribution in [2.75, 3.05) is 6.61 Å². The molecule has 0 spiro atoms. The van der Waals surface area contributed by atoms with Crippen molar-refractivity contribution in [1.82, 2.24) is 0 Å². The van der Waals surface area contributed by atoms with Crippen molar-refractivity contribution in [1.29, 1.82) is 0 Å². The summed E-state index contributed by atoms with van der Waals surface area (Å²) in [5.74, 6) is 0. The average molecular weight is 163 g/mol. The van der Waals surface area contributed by atoms with Crippen LogP contribution in [0.4, 0.5) is 0 Å². The molecule has 44 valence electrons. The Kier molecular flexibility index (Phi) is 3.33. The fraction of sp³-hybridized carbons (Fsp3) is 1.00. The van der Waals surface area contributed by atoms with Gasteiger partial charge in [-0.3, -0.25) is 0 Å². The molecule has 0 aliphatic rings. The second kappa shape index (κ2) is 2.98. The number of ether oxygens (including phenoxy) is 1. The Labute approximate surface area is 57.5 Å². The van der Waals surface area contributed by atoms with E-state index >= 15 is 0 Å². The lowest BCUT2D eigenvalue weighted by Gasteiger charge is -2.07. The van der Waals surface area contributed by atoms with Crippen LogP contribution in [0, 0.1) is 0 Å². The fourth-order valence-electron chi connectivity index (χ4n) is 0.164. The van der Waals surface area contributed by atoms with E-state index in [1.54, 1.807) is 6.92 Å². The summed E-state index contributed by atoms with van der Waals surface area (Å²) in [6.07, 6.45) is 0. The van der Waals surface area contributed by atoms with Gasteiger partial charge in [0, 0.05) is 6.61 Å². The van der Waals surface area contributed by atoms with Gasteiger partial charge in [0.15, 0.2) is 0 Å². The minimum atomic E-state index is -1.53. The molecule has 7 heavy (non-hydrogen) atoms. The second-order valence-electron chi connectivity index (χ2n) is 0.879. The van der Waals surface area contributed by atoms with E-state index in [-0.39, 0.29) is 0 Å². The Morgan fingerprint density at radius 2 is 1.86 bits per heavy atom. The van der Waals surface area contributed by atoms with Crippen molar-refractivity contribution in [2.45, 2.75) is 10.9 Å². The Balaban J connectivity index is 3.15. The quantitative estimate of drug-likeness (QED) is 0.539. The molecule has 0 amide bonds. The third kappa shape index (κ3) is 6.83. The van der Waals surface area contributed by atoms with E-state index in [0.29, 0.717) is 6.61 Å².